The zero-order chi connectivity index (χ0) is 25.3. The Bertz CT molecular complexity index is 1540. The Morgan fingerprint density at radius 3 is 2.39 bits per heavy atom. The van der Waals surface area contributed by atoms with Crippen molar-refractivity contribution in [3.8, 4) is 22.8 Å². The van der Waals surface area contributed by atoms with E-state index in [9.17, 15) is 13.2 Å². The van der Waals surface area contributed by atoms with Crippen LogP contribution in [0.2, 0.25) is 0 Å². The highest BCUT2D eigenvalue weighted by atomic mass is 19.4. The molecule has 5 rings (SSSR count). The summed E-state index contributed by atoms with van der Waals surface area (Å²) in [6, 6.07) is 22.8. The van der Waals surface area contributed by atoms with Crippen LogP contribution in [0.5, 0.6) is 5.75 Å². The summed E-state index contributed by atoms with van der Waals surface area (Å²) in [5.74, 6) is 0.387. The number of pyridine rings is 1. The fourth-order valence-electron chi connectivity index (χ4n) is 3.98. The molecule has 36 heavy (non-hydrogen) atoms. The standard InChI is InChI=1S/C27H22F3N5O/c1-17(2)32-22-16-25-23(15-21(22)34-26-9-5-6-14-31-26)33-20-7-3-4-8-24(20)35(25)18-10-12-19(13-11-18)36-27(28,29)30/h3-17H,1-2H3,(H,31,34). The maximum atomic E-state index is 12.7. The van der Waals surface area contributed by atoms with Gasteiger partial charge < -0.3 is 14.6 Å². The molecule has 9 heteroatoms. The van der Waals surface area contributed by atoms with Crippen LogP contribution in [0.3, 0.4) is 0 Å². The topological polar surface area (TPSA) is 64.3 Å². The molecule has 0 unspecified atom stereocenters. The third kappa shape index (κ3) is 5.00. The van der Waals surface area contributed by atoms with E-state index in [0.717, 1.165) is 22.4 Å². The highest BCUT2D eigenvalue weighted by Gasteiger charge is 2.31. The normalized spacial score (nSPS) is 12.4. The largest absolute Gasteiger partial charge is 0.573 e. The molecular weight excluding hydrogens is 467 g/mol. The molecule has 2 aromatic carbocycles. The Kier molecular flexibility index (Phi) is 6.05. The first kappa shape index (κ1) is 23.3. The molecule has 2 heterocycles. The van der Waals surface area contributed by atoms with Crippen LogP contribution in [0.4, 0.5) is 24.7 Å². The molecule has 0 spiro atoms. The number of aromatic nitrogens is 3. The van der Waals surface area contributed by atoms with Crippen molar-refractivity contribution in [3.63, 3.8) is 0 Å². The van der Waals surface area contributed by atoms with E-state index < -0.39 is 6.36 Å². The van der Waals surface area contributed by atoms with Crippen molar-refractivity contribution in [2.24, 2.45) is 4.99 Å². The van der Waals surface area contributed by atoms with Gasteiger partial charge in [-0.1, -0.05) is 18.2 Å². The first-order chi connectivity index (χ1) is 17.3. The number of halogens is 3. The lowest BCUT2D eigenvalue weighted by molar-refractivity contribution is -0.274. The van der Waals surface area contributed by atoms with Gasteiger partial charge >= 0.3 is 6.36 Å². The lowest BCUT2D eigenvalue weighted by Gasteiger charge is -2.20. The van der Waals surface area contributed by atoms with Crippen molar-refractivity contribution >= 4 is 22.5 Å². The van der Waals surface area contributed by atoms with Gasteiger partial charge in [0.15, 0.2) is 0 Å². The lowest BCUT2D eigenvalue weighted by Crippen LogP contribution is -2.17. The highest BCUT2D eigenvalue weighted by molar-refractivity contribution is 5.84. The molecule has 3 aromatic rings. The Morgan fingerprint density at radius 2 is 1.69 bits per heavy atom. The number of nitrogens with one attached hydrogen (secondary N) is 1. The van der Waals surface area contributed by atoms with Crippen LogP contribution in [0, 0.1) is 0 Å². The average Bonchev–Trinajstić information content (AvgIpc) is 2.83. The van der Waals surface area contributed by atoms with Crippen LogP contribution in [-0.4, -0.2) is 26.9 Å². The summed E-state index contributed by atoms with van der Waals surface area (Å²) < 4.78 is 44.0. The number of ether oxygens (including phenoxy) is 1. The van der Waals surface area contributed by atoms with Crippen molar-refractivity contribution in [2.45, 2.75) is 26.3 Å². The zero-order valence-corrected chi connectivity index (χ0v) is 19.5. The molecule has 0 bridgehead atoms. The monoisotopic (exact) mass is 489 g/mol. The molecule has 1 N–H and O–H groups in total. The van der Waals surface area contributed by atoms with Gasteiger partial charge in [-0.3, -0.25) is 4.99 Å². The van der Waals surface area contributed by atoms with Gasteiger partial charge in [-0.15, -0.1) is 13.2 Å². The van der Waals surface area contributed by atoms with Crippen molar-refractivity contribution < 1.29 is 17.9 Å². The first-order valence-corrected chi connectivity index (χ1v) is 11.3. The van der Waals surface area contributed by atoms with Crippen molar-refractivity contribution in [1.82, 2.24) is 14.5 Å². The summed E-state index contributed by atoms with van der Waals surface area (Å²) in [7, 11) is 0. The molecule has 0 saturated carbocycles. The molecule has 182 valence electrons. The summed E-state index contributed by atoms with van der Waals surface area (Å²) >= 11 is 0. The van der Waals surface area contributed by atoms with Gasteiger partial charge in [-0.2, -0.15) is 0 Å². The summed E-state index contributed by atoms with van der Waals surface area (Å²) in [6.45, 7) is 3.97. The smallest absolute Gasteiger partial charge is 0.406 e. The van der Waals surface area contributed by atoms with Crippen LogP contribution < -0.4 is 15.4 Å². The highest BCUT2D eigenvalue weighted by Crippen LogP contribution is 2.31. The van der Waals surface area contributed by atoms with Crippen molar-refractivity contribution in [2.75, 3.05) is 5.32 Å². The zero-order valence-electron chi connectivity index (χ0n) is 19.5. The maximum Gasteiger partial charge on any atom is 0.573 e. The Morgan fingerprint density at radius 1 is 0.944 bits per heavy atom. The number of alkyl halides is 3. The fraction of sp³-hybridized carbons (Fsp3) is 0.148. The van der Waals surface area contributed by atoms with E-state index in [1.165, 1.54) is 12.1 Å². The van der Waals surface area contributed by atoms with Crippen LogP contribution >= 0.6 is 0 Å². The van der Waals surface area contributed by atoms with E-state index in [0.29, 0.717) is 22.6 Å². The molecule has 0 fully saturated rings. The van der Waals surface area contributed by atoms with Crippen LogP contribution in [0.1, 0.15) is 13.8 Å². The molecule has 6 nitrogen and oxygen atoms in total. The predicted octanol–water partition coefficient (Wildman–Crippen LogP) is 6.48. The molecule has 0 atom stereocenters. The number of fused-ring (bicyclic) bond motifs is 2. The molecular formula is C27H22F3N5O. The third-order valence-electron chi connectivity index (χ3n) is 5.35. The Balaban J connectivity index is 1.74. The van der Waals surface area contributed by atoms with E-state index in [4.69, 9.17) is 9.98 Å². The number of rotatable bonds is 5. The maximum absolute atomic E-state index is 12.7. The number of anilines is 2. The molecule has 0 radical (unpaired) electrons. The Hall–Kier alpha value is -4.40. The van der Waals surface area contributed by atoms with Gasteiger partial charge in [0, 0.05) is 17.9 Å². The van der Waals surface area contributed by atoms with E-state index in [-0.39, 0.29) is 11.8 Å². The summed E-state index contributed by atoms with van der Waals surface area (Å²) in [5.41, 5.74) is 4.38. The van der Waals surface area contributed by atoms with Crippen LogP contribution in [-0.2, 0) is 0 Å². The van der Waals surface area contributed by atoms with E-state index in [1.54, 1.807) is 18.3 Å². The minimum atomic E-state index is -4.75. The Labute approximate surface area is 205 Å². The summed E-state index contributed by atoms with van der Waals surface area (Å²) in [5, 5.41) is 4.04. The SMILES string of the molecule is CC(C)N=c1cc2n(-c3ccc(OC(F)(F)F)cc3)c3ccccc3nc-2cc1Nc1ccccn1. The second kappa shape index (κ2) is 9.33. The van der Waals surface area contributed by atoms with Crippen molar-refractivity contribution in [3.05, 3.63) is 90.4 Å². The minimum absolute atomic E-state index is 0.0207. The summed E-state index contributed by atoms with van der Waals surface area (Å²) in [6.07, 6.45) is -3.05. The molecule has 0 saturated heterocycles. The third-order valence-corrected chi connectivity index (χ3v) is 5.35. The number of benzene rings is 3. The number of hydrogen-bond acceptors (Lipinski definition) is 5. The predicted molar refractivity (Wildman–Crippen MR) is 133 cm³/mol. The van der Waals surface area contributed by atoms with Gasteiger partial charge in [-0.05, 0) is 74.5 Å². The number of hydrogen-bond donors (Lipinski definition) is 1. The molecule has 0 amide bonds. The van der Waals surface area contributed by atoms with Gasteiger partial charge in [0.25, 0.3) is 0 Å². The first-order valence-electron chi connectivity index (χ1n) is 11.3. The van der Waals surface area contributed by atoms with Gasteiger partial charge in [-0.25, -0.2) is 9.97 Å². The van der Waals surface area contributed by atoms with E-state index in [1.807, 2.05) is 73.0 Å². The second-order valence-corrected chi connectivity index (χ2v) is 8.40. The quantitative estimate of drug-likeness (QED) is 0.287. The molecule has 1 aliphatic carbocycles. The van der Waals surface area contributed by atoms with Gasteiger partial charge in [0.2, 0.25) is 0 Å². The van der Waals surface area contributed by atoms with Gasteiger partial charge in [0.05, 0.1) is 33.5 Å². The molecule has 1 aromatic heterocycles. The van der Waals surface area contributed by atoms with Gasteiger partial charge in [0.1, 0.15) is 11.6 Å². The lowest BCUT2D eigenvalue weighted by atomic mass is 10.1. The van der Waals surface area contributed by atoms with E-state index >= 15 is 0 Å². The number of para-hydroxylation sites is 2. The minimum Gasteiger partial charge on any atom is -0.406 e. The summed E-state index contributed by atoms with van der Waals surface area (Å²) in [4.78, 5) is 14.0. The number of nitrogens with zero attached hydrogens (tertiary/aromatic N) is 4. The average molecular weight is 490 g/mol. The van der Waals surface area contributed by atoms with E-state index in [2.05, 4.69) is 15.0 Å². The van der Waals surface area contributed by atoms with Crippen LogP contribution in [0.25, 0.3) is 28.1 Å². The second-order valence-electron chi connectivity index (χ2n) is 8.40. The van der Waals surface area contributed by atoms with Crippen LogP contribution in [0.15, 0.2) is 90.1 Å². The fourth-order valence-corrected chi connectivity index (χ4v) is 3.98. The van der Waals surface area contributed by atoms with Crippen molar-refractivity contribution in [1.29, 1.82) is 0 Å². The molecule has 1 aliphatic heterocycles. The molecule has 2 aliphatic rings.